The zero-order valence-corrected chi connectivity index (χ0v) is 14.7. The maximum Gasteiger partial charge on any atom is 0.196 e. The molecule has 27 heavy (non-hydrogen) atoms. The second-order valence-corrected chi connectivity index (χ2v) is 6.87. The van der Waals surface area contributed by atoms with E-state index in [0.717, 1.165) is 29.7 Å². The molecule has 0 bridgehead atoms. The number of nitrogens with zero attached hydrogens (tertiary/aromatic N) is 2. The molecule has 5 nitrogen and oxygen atoms in total. The van der Waals surface area contributed by atoms with Crippen molar-refractivity contribution in [3.63, 3.8) is 0 Å². The lowest BCUT2D eigenvalue weighted by Crippen LogP contribution is -2.07. The van der Waals surface area contributed by atoms with Crippen molar-refractivity contribution in [2.24, 2.45) is 0 Å². The normalized spacial score (nSPS) is 13.8. The number of benzene rings is 2. The van der Waals surface area contributed by atoms with Gasteiger partial charge in [0.2, 0.25) is 0 Å². The third-order valence-corrected chi connectivity index (χ3v) is 4.85. The molecule has 2 heterocycles. The fraction of sp³-hybridized carbons (Fsp3) is 0.182. The molecule has 0 saturated heterocycles. The van der Waals surface area contributed by atoms with Crippen molar-refractivity contribution < 1.29 is 9.15 Å². The van der Waals surface area contributed by atoms with Gasteiger partial charge in [0.15, 0.2) is 5.43 Å². The van der Waals surface area contributed by atoms with Gasteiger partial charge in [0.25, 0.3) is 0 Å². The molecular formula is C22H18N2O3. The van der Waals surface area contributed by atoms with Gasteiger partial charge in [0.1, 0.15) is 17.9 Å². The molecule has 1 aliphatic carbocycles. The molecule has 0 aliphatic heterocycles. The van der Waals surface area contributed by atoms with Gasteiger partial charge < -0.3 is 9.15 Å². The second kappa shape index (κ2) is 6.43. The van der Waals surface area contributed by atoms with E-state index >= 15 is 0 Å². The van der Waals surface area contributed by atoms with Crippen LogP contribution in [0.2, 0.25) is 0 Å². The molecule has 1 saturated carbocycles. The van der Waals surface area contributed by atoms with E-state index in [2.05, 4.69) is 5.10 Å². The first kappa shape index (κ1) is 15.9. The second-order valence-electron chi connectivity index (χ2n) is 6.87. The lowest BCUT2D eigenvalue weighted by Gasteiger charge is -2.06. The molecule has 1 aliphatic rings. The summed E-state index contributed by atoms with van der Waals surface area (Å²) in [7, 11) is 0. The van der Waals surface area contributed by atoms with E-state index in [9.17, 15) is 4.79 Å². The summed E-state index contributed by atoms with van der Waals surface area (Å²) in [5, 5.41) is 4.98. The van der Waals surface area contributed by atoms with Gasteiger partial charge >= 0.3 is 0 Å². The highest BCUT2D eigenvalue weighted by atomic mass is 16.5. The molecule has 0 spiro atoms. The average Bonchev–Trinajstić information content (AvgIpc) is 3.44. The first-order valence-corrected chi connectivity index (χ1v) is 9.05. The topological polar surface area (TPSA) is 57.3 Å². The van der Waals surface area contributed by atoms with Crippen molar-refractivity contribution in [1.29, 1.82) is 0 Å². The monoisotopic (exact) mass is 358 g/mol. The lowest BCUT2D eigenvalue weighted by molar-refractivity contribution is 0.306. The van der Waals surface area contributed by atoms with E-state index in [1.54, 1.807) is 24.6 Å². The smallest absolute Gasteiger partial charge is 0.196 e. The molecule has 5 heteroatoms. The highest BCUT2D eigenvalue weighted by molar-refractivity contribution is 5.78. The minimum absolute atomic E-state index is 0.0782. The van der Waals surface area contributed by atoms with Crippen molar-refractivity contribution in [2.45, 2.75) is 25.4 Å². The fourth-order valence-corrected chi connectivity index (χ4v) is 3.21. The highest BCUT2D eigenvalue weighted by Gasteiger charge is 2.27. The maximum atomic E-state index is 12.5. The Labute approximate surface area is 155 Å². The summed E-state index contributed by atoms with van der Waals surface area (Å²) in [4.78, 5) is 12.5. The number of ether oxygens (including phenoxy) is 1. The van der Waals surface area contributed by atoms with Crippen LogP contribution in [0.15, 0.2) is 76.4 Å². The van der Waals surface area contributed by atoms with E-state index < -0.39 is 0 Å². The van der Waals surface area contributed by atoms with Gasteiger partial charge in [-0.3, -0.25) is 4.79 Å². The van der Waals surface area contributed by atoms with Crippen LogP contribution < -0.4 is 10.2 Å². The molecule has 134 valence electrons. The molecule has 4 aromatic rings. The SMILES string of the molecule is O=c1c(C2CC2)coc2cc(OCc3cnn(-c4ccccc4)c3)ccc12. The Balaban J connectivity index is 1.34. The van der Waals surface area contributed by atoms with Crippen LogP contribution in [0, 0.1) is 0 Å². The van der Waals surface area contributed by atoms with Crippen LogP contribution in [-0.2, 0) is 6.61 Å². The fourth-order valence-electron chi connectivity index (χ4n) is 3.21. The number of para-hydroxylation sites is 1. The summed E-state index contributed by atoms with van der Waals surface area (Å²) in [6.45, 7) is 0.392. The van der Waals surface area contributed by atoms with Gasteiger partial charge in [0.05, 0.1) is 23.5 Å². The maximum absolute atomic E-state index is 12.5. The molecule has 5 rings (SSSR count). The Hall–Kier alpha value is -3.34. The van der Waals surface area contributed by atoms with Crippen molar-refractivity contribution in [1.82, 2.24) is 9.78 Å². The highest BCUT2D eigenvalue weighted by Crippen LogP contribution is 2.39. The van der Waals surface area contributed by atoms with Gasteiger partial charge in [-0.15, -0.1) is 0 Å². The minimum Gasteiger partial charge on any atom is -0.489 e. The van der Waals surface area contributed by atoms with Crippen LogP contribution in [0.1, 0.15) is 29.9 Å². The lowest BCUT2D eigenvalue weighted by atomic mass is 10.1. The Morgan fingerprint density at radius 3 is 2.81 bits per heavy atom. The molecule has 2 aromatic heterocycles. The zero-order valence-electron chi connectivity index (χ0n) is 14.7. The van der Waals surface area contributed by atoms with Crippen LogP contribution in [0.3, 0.4) is 0 Å². The summed E-state index contributed by atoms with van der Waals surface area (Å²) >= 11 is 0. The number of aromatic nitrogens is 2. The summed E-state index contributed by atoms with van der Waals surface area (Å²) in [6, 6.07) is 15.3. The molecule has 0 amide bonds. The van der Waals surface area contributed by atoms with Gasteiger partial charge in [-0.05, 0) is 43.0 Å². The number of hydrogen-bond donors (Lipinski definition) is 0. The molecular weight excluding hydrogens is 340 g/mol. The number of hydrogen-bond acceptors (Lipinski definition) is 4. The van der Waals surface area contributed by atoms with Crippen LogP contribution >= 0.6 is 0 Å². The average molecular weight is 358 g/mol. The Morgan fingerprint density at radius 1 is 1.15 bits per heavy atom. The van der Waals surface area contributed by atoms with Crippen molar-refractivity contribution in [3.05, 3.63) is 88.5 Å². The molecule has 1 fully saturated rings. The Kier molecular flexibility index (Phi) is 3.78. The van der Waals surface area contributed by atoms with Crippen molar-refractivity contribution in [2.75, 3.05) is 0 Å². The summed E-state index contributed by atoms with van der Waals surface area (Å²) in [5.41, 5.74) is 3.40. The molecule has 0 unspecified atom stereocenters. The minimum atomic E-state index is 0.0782. The summed E-state index contributed by atoms with van der Waals surface area (Å²) in [6.07, 6.45) is 7.49. The number of rotatable bonds is 5. The third-order valence-electron chi connectivity index (χ3n) is 4.85. The predicted octanol–water partition coefficient (Wildman–Crippen LogP) is 4.44. The molecule has 2 aromatic carbocycles. The van der Waals surface area contributed by atoms with Gasteiger partial charge in [-0.2, -0.15) is 5.10 Å². The number of fused-ring (bicyclic) bond motifs is 1. The van der Waals surface area contributed by atoms with E-state index in [1.807, 2.05) is 47.3 Å². The van der Waals surface area contributed by atoms with Crippen molar-refractivity contribution >= 4 is 11.0 Å². The third kappa shape index (κ3) is 3.12. The first-order chi connectivity index (χ1) is 13.3. The van der Waals surface area contributed by atoms with E-state index in [1.165, 1.54) is 0 Å². The first-order valence-electron chi connectivity index (χ1n) is 9.05. The molecule has 0 atom stereocenters. The molecule has 0 N–H and O–H groups in total. The van der Waals surface area contributed by atoms with E-state index in [0.29, 0.717) is 29.2 Å². The van der Waals surface area contributed by atoms with Gasteiger partial charge in [0, 0.05) is 23.4 Å². The van der Waals surface area contributed by atoms with E-state index in [4.69, 9.17) is 9.15 Å². The van der Waals surface area contributed by atoms with Gasteiger partial charge in [-0.25, -0.2) is 4.68 Å². The van der Waals surface area contributed by atoms with Gasteiger partial charge in [-0.1, -0.05) is 18.2 Å². The van der Waals surface area contributed by atoms with Crippen LogP contribution in [0.5, 0.6) is 5.75 Å². The summed E-state index contributed by atoms with van der Waals surface area (Å²) in [5.74, 6) is 1.04. The predicted molar refractivity (Wildman–Crippen MR) is 102 cm³/mol. The Morgan fingerprint density at radius 2 is 2.00 bits per heavy atom. The van der Waals surface area contributed by atoms with Crippen LogP contribution in [0.25, 0.3) is 16.7 Å². The van der Waals surface area contributed by atoms with Crippen LogP contribution in [-0.4, -0.2) is 9.78 Å². The van der Waals surface area contributed by atoms with E-state index in [-0.39, 0.29) is 5.43 Å². The zero-order chi connectivity index (χ0) is 18.2. The largest absolute Gasteiger partial charge is 0.489 e. The van der Waals surface area contributed by atoms with Crippen molar-refractivity contribution in [3.8, 4) is 11.4 Å². The Bertz CT molecular complexity index is 1160. The van der Waals surface area contributed by atoms with Crippen LogP contribution in [0.4, 0.5) is 0 Å². The standard InChI is InChI=1S/C22H18N2O3/c25-22-19-9-8-18(10-21(19)27-14-20(22)16-6-7-16)26-13-15-11-23-24(12-15)17-4-2-1-3-5-17/h1-5,8-12,14,16H,6-7,13H2. The quantitative estimate of drug-likeness (QED) is 0.529. The molecule has 0 radical (unpaired) electrons. The summed E-state index contributed by atoms with van der Waals surface area (Å²) < 4.78 is 13.4.